The predicted molar refractivity (Wildman–Crippen MR) is 62.5 cm³/mol. The fourth-order valence-electron chi connectivity index (χ4n) is 1.15. The monoisotopic (exact) mass is 209 g/mol. The van der Waals surface area contributed by atoms with Gasteiger partial charge >= 0.3 is 0 Å². The Morgan fingerprint density at radius 2 is 1.93 bits per heavy atom. The molecule has 0 aliphatic carbocycles. The second-order valence-electron chi connectivity index (χ2n) is 3.96. The summed E-state index contributed by atoms with van der Waals surface area (Å²) in [5.41, 5.74) is 1.09. The van der Waals surface area contributed by atoms with Gasteiger partial charge in [0, 0.05) is 25.8 Å². The number of benzene rings is 1. The van der Waals surface area contributed by atoms with Crippen LogP contribution >= 0.6 is 0 Å². The van der Waals surface area contributed by atoms with Crippen LogP contribution in [0, 0.1) is 0 Å². The summed E-state index contributed by atoms with van der Waals surface area (Å²) in [6, 6.07) is 7.81. The quantitative estimate of drug-likeness (QED) is 0.822. The molecule has 84 valence electrons. The molecule has 0 spiro atoms. The fraction of sp³-hybridized carbons (Fsp3) is 0.500. The highest BCUT2D eigenvalue weighted by Gasteiger charge is 2.10. The average Bonchev–Trinajstić information content (AvgIpc) is 2.18. The van der Waals surface area contributed by atoms with E-state index in [0.29, 0.717) is 0 Å². The zero-order chi connectivity index (χ0) is 11.4. The molecule has 1 N–H and O–H groups in total. The lowest BCUT2D eigenvalue weighted by Crippen LogP contribution is -2.25. The Morgan fingerprint density at radius 3 is 2.47 bits per heavy atom. The Morgan fingerprint density at radius 1 is 1.27 bits per heavy atom. The summed E-state index contributed by atoms with van der Waals surface area (Å²) < 4.78 is 5.59. The van der Waals surface area contributed by atoms with Gasteiger partial charge < -0.3 is 14.7 Å². The summed E-state index contributed by atoms with van der Waals surface area (Å²) in [7, 11) is 3.97. The standard InChI is InChI=1S/C12H19NO2/c1-9(14)10(2)15-12-7-5-6-11(8-12)13(3)4/h5-10,14H,1-4H3. The number of nitrogens with zero attached hydrogens (tertiary/aromatic N) is 1. The molecule has 0 aromatic heterocycles. The Bertz CT molecular complexity index is 310. The maximum Gasteiger partial charge on any atom is 0.121 e. The Kier molecular flexibility index (Phi) is 3.97. The number of aliphatic hydroxyl groups is 1. The Hall–Kier alpha value is -1.22. The van der Waals surface area contributed by atoms with Gasteiger partial charge in [0.05, 0.1) is 6.10 Å². The number of anilines is 1. The van der Waals surface area contributed by atoms with E-state index in [1.165, 1.54) is 0 Å². The summed E-state index contributed by atoms with van der Waals surface area (Å²) >= 11 is 0. The van der Waals surface area contributed by atoms with Crippen LogP contribution in [0.5, 0.6) is 5.75 Å². The van der Waals surface area contributed by atoms with Gasteiger partial charge in [-0.15, -0.1) is 0 Å². The molecule has 0 bridgehead atoms. The summed E-state index contributed by atoms with van der Waals surface area (Å²) in [6.45, 7) is 3.58. The van der Waals surface area contributed by atoms with Crippen LogP contribution in [0.2, 0.25) is 0 Å². The summed E-state index contributed by atoms with van der Waals surface area (Å²) in [5.74, 6) is 0.787. The van der Waals surface area contributed by atoms with E-state index in [9.17, 15) is 5.11 Å². The largest absolute Gasteiger partial charge is 0.488 e. The first-order valence-corrected chi connectivity index (χ1v) is 5.13. The number of rotatable bonds is 4. The van der Waals surface area contributed by atoms with Gasteiger partial charge in [-0.1, -0.05) is 6.07 Å². The third kappa shape index (κ3) is 3.44. The molecule has 3 heteroatoms. The molecule has 0 heterocycles. The van der Waals surface area contributed by atoms with Gasteiger partial charge in [0.25, 0.3) is 0 Å². The van der Waals surface area contributed by atoms with Crippen LogP contribution in [-0.4, -0.2) is 31.4 Å². The maximum absolute atomic E-state index is 9.33. The first kappa shape index (κ1) is 11.9. The smallest absolute Gasteiger partial charge is 0.121 e. The van der Waals surface area contributed by atoms with E-state index in [0.717, 1.165) is 11.4 Å². The summed E-state index contributed by atoms with van der Waals surface area (Å²) in [6.07, 6.45) is -0.657. The molecule has 15 heavy (non-hydrogen) atoms. The van der Waals surface area contributed by atoms with E-state index < -0.39 is 6.10 Å². The Balaban J connectivity index is 2.73. The van der Waals surface area contributed by atoms with E-state index in [1.54, 1.807) is 6.92 Å². The van der Waals surface area contributed by atoms with Crippen LogP contribution in [0.3, 0.4) is 0 Å². The van der Waals surface area contributed by atoms with Crippen LogP contribution in [0.1, 0.15) is 13.8 Å². The van der Waals surface area contributed by atoms with Gasteiger partial charge in [-0.05, 0) is 26.0 Å². The van der Waals surface area contributed by atoms with E-state index in [4.69, 9.17) is 4.74 Å². The molecule has 1 aromatic carbocycles. The molecular weight excluding hydrogens is 190 g/mol. The topological polar surface area (TPSA) is 32.7 Å². The fourth-order valence-corrected chi connectivity index (χ4v) is 1.15. The molecule has 1 rings (SSSR count). The molecule has 3 nitrogen and oxygen atoms in total. The minimum atomic E-state index is -0.465. The van der Waals surface area contributed by atoms with Gasteiger partial charge in [0.15, 0.2) is 0 Å². The molecule has 0 fully saturated rings. The van der Waals surface area contributed by atoms with Gasteiger partial charge in [0.1, 0.15) is 11.9 Å². The van der Waals surface area contributed by atoms with Gasteiger partial charge in [0.2, 0.25) is 0 Å². The summed E-state index contributed by atoms with van der Waals surface area (Å²) in [4.78, 5) is 2.01. The van der Waals surface area contributed by atoms with Crippen LogP contribution in [0.25, 0.3) is 0 Å². The Labute approximate surface area is 91.3 Å². The molecule has 0 saturated heterocycles. The maximum atomic E-state index is 9.33. The first-order valence-electron chi connectivity index (χ1n) is 5.13. The second kappa shape index (κ2) is 5.03. The van der Waals surface area contributed by atoms with E-state index in [2.05, 4.69) is 0 Å². The van der Waals surface area contributed by atoms with Gasteiger partial charge in [-0.3, -0.25) is 0 Å². The van der Waals surface area contributed by atoms with Crippen molar-refractivity contribution in [2.24, 2.45) is 0 Å². The van der Waals surface area contributed by atoms with E-state index in [-0.39, 0.29) is 6.10 Å². The lowest BCUT2D eigenvalue weighted by molar-refractivity contribution is 0.0605. The van der Waals surface area contributed by atoms with Crippen molar-refractivity contribution >= 4 is 5.69 Å². The highest BCUT2D eigenvalue weighted by molar-refractivity contribution is 5.49. The van der Waals surface area contributed by atoms with Crippen LogP contribution in [0.4, 0.5) is 5.69 Å². The van der Waals surface area contributed by atoms with Crippen molar-refractivity contribution in [3.05, 3.63) is 24.3 Å². The van der Waals surface area contributed by atoms with Crippen LogP contribution < -0.4 is 9.64 Å². The van der Waals surface area contributed by atoms with Gasteiger partial charge in [-0.2, -0.15) is 0 Å². The van der Waals surface area contributed by atoms with Crippen molar-refractivity contribution < 1.29 is 9.84 Å². The number of ether oxygens (including phenoxy) is 1. The number of hydrogen-bond acceptors (Lipinski definition) is 3. The van der Waals surface area contributed by atoms with Crippen molar-refractivity contribution in [2.45, 2.75) is 26.1 Å². The van der Waals surface area contributed by atoms with Crippen LogP contribution in [0.15, 0.2) is 24.3 Å². The molecule has 2 unspecified atom stereocenters. The second-order valence-corrected chi connectivity index (χ2v) is 3.96. The summed E-state index contributed by atoms with van der Waals surface area (Å²) in [5, 5.41) is 9.33. The zero-order valence-corrected chi connectivity index (χ0v) is 9.77. The molecule has 0 saturated carbocycles. The van der Waals surface area contributed by atoms with Crippen molar-refractivity contribution in [3.63, 3.8) is 0 Å². The molecular formula is C12H19NO2. The SMILES string of the molecule is CC(O)C(C)Oc1cccc(N(C)C)c1. The highest BCUT2D eigenvalue weighted by atomic mass is 16.5. The lowest BCUT2D eigenvalue weighted by Gasteiger charge is -2.19. The lowest BCUT2D eigenvalue weighted by atomic mass is 10.2. The number of hydrogen-bond donors (Lipinski definition) is 1. The third-order valence-corrected chi connectivity index (χ3v) is 2.34. The average molecular weight is 209 g/mol. The molecule has 0 aliphatic heterocycles. The van der Waals surface area contributed by atoms with Crippen LogP contribution in [-0.2, 0) is 0 Å². The number of aliphatic hydroxyl groups excluding tert-OH is 1. The zero-order valence-electron chi connectivity index (χ0n) is 9.77. The first-order chi connectivity index (χ1) is 7.00. The van der Waals surface area contributed by atoms with Gasteiger partial charge in [-0.25, -0.2) is 0 Å². The third-order valence-electron chi connectivity index (χ3n) is 2.34. The van der Waals surface area contributed by atoms with Crippen molar-refractivity contribution in [1.29, 1.82) is 0 Å². The van der Waals surface area contributed by atoms with Crippen molar-refractivity contribution in [3.8, 4) is 5.75 Å². The predicted octanol–water partition coefficient (Wildman–Crippen LogP) is 1.90. The van der Waals surface area contributed by atoms with Crippen molar-refractivity contribution in [1.82, 2.24) is 0 Å². The molecule has 0 aliphatic rings. The minimum Gasteiger partial charge on any atom is -0.488 e. The van der Waals surface area contributed by atoms with E-state index in [1.807, 2.05) is 50.2 Å². The van der Waals surface area contributed by atoms with E-state index >= 15 is 0 Å². The molecule has 0 radical (unpaired) electrons. The molecule has 0 amide bonds. The molecule has 1 aromatic rings. The normalized spacial score (nSPS) is 14.5. The molecule has 2 atom stereocenters. The highest BCUT2D eigenvalue weighted by Crippen LogP contribution is 2.20. The van der Waals surface area contributed by atoms with Crippen molar-refractivity contribution in [2.75, 3.05) is 19.0 Å². The minimum absolute atomic E-state index is 0.192.